The first-order valence-corrected chi connectivity index (χ1v) is 5.26. The standard InChI is InChI=1S/C11H13N3O3/c1-4-16-11(15)9-12-10(14(3)13-9)8-5-6-17-7(8)2/h5-6H,4H2,1-3H3. The number of hydrogen-bond acceptors (Lipinski definition) is 5. The number of carbonyl (C=O) groups is 1. The van der Waals surface area contributed by atoms with Gasteiger partial charge in [-0.2, -0.15) is 0 Å². The molecule has 2 heterocycles. The van der Waals surface area contributed by atoms with Gasteiger partial charge in [0.15, 0.2) is 5.82 Å². The van der Waals surface area contributed by atoms with Crippen LogP contribution >= 0.6 is 0 Å². The summed E-state index contributed by atoms with van der Waals surface area (Å²) in [6.45, 7) is 3.87. The van der Waals surface area contributed by atoms with Crippen LogP contribution in [0.4, 0.5) is 0 Å². The van der Waals surface area contributed by atoms with Gasteiger partial charge in [0.25, 0.3) is 5.82 Å². The van der Waals surface area contributed by atoms with Crippen LogP contribution in [0.25, 0.3) is 11.4 Å². The molecule has 2 rings (SSSR count). The Morgan fingerprint density at radius 1 is 1.59 bits per heavy atom. The van der Waals surface area contributed by atoms with Crippen molar-refractivity contribution in [2.24, 2.45) is 7.05 Å². The molecule has 0 amide bonds. The van der Waals surface area contributed by atoms with Crippen molar-refractivity contribution in [1.29, 1.82) is 0 Å². The molecule has 0 atom stereocenters. The first kappa shape index (κ1) is 11.4. The van der Waals surface area contributed by atoms with Gasteiger partial charge in [0.05, 0.1) is 18.4 Å². The summed E-state index contributed by atoms with van der Waals surface area (Å²) in [6.07, 6.45) is 1.57. The lowest BCUT2D eigenvalue weighted by Crippen LogP contribution is -2.07. The smallest absolute Gasteiger partial charge is 0.378 e. The molecule has 0 spiro atoms. The number of ether oxygens (including phenoxy) is 1. The summed E-state index contributed by atoms with van der Waals surface area (Å²) in [5.74, 6) is 0.857. The number of carbonyl (C=O) groups excluding carboxylic acids is 1. The van der Waals surface area contributed by atoms with Gasteiger partial charge in [-0.25, -0.2) is 14.5 Å². The van der Waals surface area contributed by atoms with Gasteiger partial charge in [0.2, 0.25) is 0 Å². The molecule has 17 heavy (non-hydrogen) atoms. The lowest BCUT2D eigenvalue weighted by Gasteiger charge is -1.95. The van der Waals surface area contributed by atoms with Gasteiger partial charge in [0, 0.05) is 7.05 Å². The second-order valence-corrected chi connectivity index (χ2v) is 3.49. The SMILES string of the molecule is CCOC(=O)c1nc(-c2ccoc2C)n(C)n1. The summed E-state index contributed by atoms with van der Waals surface area (Å²) in [5, 5.41) is 4.02. The van der Waals surface area contributed by atoms with E-state index in [0.29, 0.717) is 12.4 Å². The zero-order chi connectivity index (χ0) is 12.4. The summed E-state index contributed by atoms with van der Waals surface area (Å²) >= 11 is 0. The molecule has 90 valence electrons. The van der Waals surface area contributed by atoms with Crippen LogP contribution in [0.1, 0.15) is 23.3 Å². The van der Waals surface area contributed by atoms with Crippen LogP contribution in [0, 0.1) is 6.92 Å². The molecule has 0 N–H and O–H groups in total. The molecule has 0 aromatic carbocycles. The van der Waals surface area contributed by atoms with E-state index in [1.807, 2.05) is 6.92 Å². The van der Waals surface area contributed by atoms with Gasteiger partial charge < -0.3 is 9.15 Å². The Kier molecular flexibility index (Phi) is 2.95. The molecule has 2 aromatic heterocycles. The van der Waals surface area contributed by atoms with Crippen LogP contribution in [0.5, 0.6) is 0 Å². The summed E-state index contributed by atoms with van der Waals surface area (Å²) in [7, 11) is 1.72. The Balaban J connectivity index is 2.38. The van der Waals surface area contributed by atoms with Gasteiger partial charge in [-0.05, 0) is 19.9 Å². The number of aryl methyl sites for hydroxylation is 2. The summed E-state index contributed by atoms with van der Waals surface area (Å²) in [5.41, 5.74) is 0.815. The lowest BCUT2D eigenvalue weighted by molar-refractivity contribution is 0.0512. The largest absolute Gasteiger partial charge is 0.469 e. The van der Waals surface area contributed by atoms with Crippen LogP contribution in [0.15, 0.2) is 16.7 Å². The average Bonchev–Trinajstić information content (AvgIpc) is 2.85. The van der Waals surface area contributed by atoms with Crippen molar-refractivity contribution in [3.05, 3.63) is 23.9 Å². The summed E-state index contributed by atoms with van der Waals surface area (Å²) in [6, 6.07) is 1.79. The molecule has 0 unspecified atom stereocenters. The van der Waals surface area contributed by atoms with Crippen LogP contribution < -0.4 is 0 Å². The minimum Gasteiger partial charge on any atom is -0.469 e. The maximum Gasteiger partial charge on any atom is 0.378 e. The van der Waals surface area contributed by atoms with Gasteiger partial charge in [-0.3, -0.25) is 0 Å². The second kappa shape index (κ2) is 4.40. The van der Waals surface area contributed by atoms with Crippen LogP contribution in [-0.2, 0) is 11.8 Å². The Labute approximate surface area is 98.2 Å². The van der Waals surface area contributed by atoms with E-state index in [1.54, 1.807) is 26.3 Å². The van der Waals surface area contributed by atoms with E-state index in [9.17, 15) is 4.79 Å². The topological polar surface area (TPSA) is 70.2 Å². The van der Waals surface area contributed by atoms with E-state index in [2.05, 4.69) is 10.1 Å². The van der Waals surface area contributed by atoms with E-state index >= 15 is 0 Å². The third-order valence-corrected chi connectivity index (χ3v) is 2.32. The molecule has 0 aliphatic carbocycles. The van der Waals surface area contributed by atoms with Crippen molar-refractivity contribution in [2.45, 2.75) is 13.8 Å². The zero-order valence-electron chi connectivity index (χ0n) is 9.93. The number of hydrogen-bond donors (Lipinski definition) is 0. The number of rotatable bonds is 3. The summed E-state index contributed by atoms with van der Waals surface area (Å²) < 4.78 is 11.6. The second-order valence-electron chi connectivity index (χ2n) is 3.49. The Morgan fingerprint density at radius 2 is 2.35 bits per heavy atom. The van der Waals surface area contributed by atoms with Crippen LogP contribution in [0.2, 0.25) is 0 Å². The maximum absolute atomic E-state index is 11.5. The third kappa shape index (κ3) is 2.06. The molecule has 0 aliphatic heterocycles. The fraction of sp³-hybridized carbons (Fsp3) is 0.364. The van der Waals surface area contributed by atoms with E-state index in [-0.39, 0.29) is 5.82 Å². The van der Waals surface area contributed by atoms with Crippen LogP contribution in [0.3, 0.4) is 0 Å². The van der Waals surface area contributed by atoms with Gasteiger partial charge in [-0.1, -0.05) is 0 Å². The van der Waals surface area contributed by atoms with Gasteiger partial charge >= 0.3 is 5.97 Å². The van der Waals surface area contributed by atoms with Crippen molar-refractivity contribution in [3.63, 3.8) is 0 Å². The predicted octanol–water partition coefficient (Wildman–Crippen LogP) is 1.56. The normalized spacial score (nSPS) is 10.5. The molecule has 0 radical (unpaired) electrons. The van der Waals surface area contributed by atoms with E-state index < -0.39 is 5.97 Å². The van der Waals surface area contributed by atoms with Crippen molar-refractivity contribution >= 4 is 5.97 Å². The highest BCUT2D eigenvalue weighted by molar-refractivity contribution is 5.85. The minimum atomic E-state index is -0.518. The van der Waals surface area contributed by atoms with E-state index in [0.717, 1.165) is 11.3 Å². The Hall–Kier alpha value is -2.11. The highest BCUT2D eigenvalue weighted by atomic mass is 16.5. The molecule has 2 aromatic rings. The average molecular weight is 235 g/mol. The molecular weight excluding hydrogens is 222 g/mol. The number of nitrogens with zero attached hydrogens (tertiary/aromatic N) is 3. The Bertz CT molecular complexity index is 542. The number of esters is 1. The fourth-order valence-corrected chi connectivity index (χ4v) is 1.52. The number of aromatic nitrogens is 3. The van der Waals surface area contributed by atoms with E-state index in [4.69, 9.17) is 9.15 Å². The molecule has 6 nitrogen and oxygen atoms in total. The molecular formula is C11H13N3O3. The quantitative estimate of drug-likeness (QED) is 0.755. The fourth-order valence-electron chi connectivity index (χ4n) is 1.52. The van der Waals surface area contributed by atoms with Gasteiger partial charge in [-0.15, -0.1) is 5.10 Å². The van der Waals surface area contributed by atoms with Gasteiger partial charge in [0.1, 0.15) is 5.76 Å². The molecule has 6 heteroatoms. The monoisotopic (exact) mass is 235 g/mol. The Morgan fingerprint density at radius 3 is 2.94 bits per heavy atom. The lowest BCUT2D eigenvalue weighted by atomic mass is 10.2. The molecule has 0 bridgehead atoms. The zero-order valence-corrected chi connectivity index (χ0v) is 9.93. The van der Waals surface area contributed by atoms with Crippen molar-refractivity contribution in [2.75, 3.05) is 6.61 Å². The highest BCUT2D eigenvalue weighted by Gasteiger charge is 2.18. The number of furan rings is 1. The maximum atomic E-state index is 11.5. The van der Waals surface area contributed by atoms with Crippen LogP contribution in [-0.4, -0.2) is 27.3 Å². The first-order valence-electron chi connectivity index (χ1n) is 5.26. The molecule has 0 fully saturated rings. The van der Waals surface area contributed by atoms with Crippen molar-refractivity contribution < 1.29 is 13.9 Å². The first-order chi connectivity index (χ1) is 8.13. The van der Waals surface area contributed by atoms with Crippen molar-refractivity contribution in [3.8, 4) is 11.4 Å². The highest BCUT2D eigenvalue weighted by Crippen LogP contribution is 2.21. The molecule has 0 aliphatic rings. The predicted molar refractivity (Wildman–Crippen MR) is 59.4 cm³/mol. The molecule has 0 saturated carbocycles. The van der Waals surface area contributed by atoms with E-state index in [1.165, 1.54) is 4.68 Å². The molecule has 0 saturated heterocycles. The summed E-state index contributed by atoms with van der Waals surface area (Å²) in [4.78, 5) is 15.6. The minimum absolute atomic E-state index is 0.0601. The third-order valence-electron chi connectivity index (χ3n) is 2.32. The van der Waals surface area contributed by atoms with Crippen molar-refractivity contribution in [1.82, 2.24) is 14.8 Å².